The molecule has 0 bridgehead atoms. The van der Waals surface area contributed by atoms with E-state index in [-0.39, 0.29) is 11.5 Å². The van der Waals surface area contributed by atoms with Gasteiger partial charge in [-0.15, -0.1) is 0 Å². The number of aryl methyl sites for hydroxylation is 1. The largest absolute Gasteiger partial charge is 0.352 e. The van der Waals surface area contributed by atoms with Crippen LogP contribution in [0.2, 0.25) is 0 Å². The minimum Gasteiger partial charge on any atom is -0.352 e. The van der Waals surface area contributed by atoms with Crippen molar-refractivity contribution in [2.24, 2.45) is 0 Å². The standard InChI is InChI=1S/C13H14N4O2/c18-12-3-1-7-16-17(12)10-2-6-15-13(19)11-4-8-14-9-5-11/h1,3-5,7-9H,2,6,10H2,(H,15,19). The molecule has 0 radical (unpaired) electrons. The first-order chi connectivity index (χ1) is 9.27. The molecule has 0 aromatic carbocycles. The van der Waals surface area contributed by atoms with E-state index in [0.29, 0.717) is 25.1 Å². The molecule has 2 heterocycles. The Kier molecular flexibility index (Phi) is 4.39. The summed E-state index contributed by atoms with van der Waals surface area (Å²) in [6.07, 6.45) is 5.36. The maximum Gasteiger partial charge on any atom is 0.266 e. The maximum atomic E-state index is 11.7. The average Bonchev–Trinajstić information content (AvgIpc) is 2.46. The summed E-state index contributed by atoms with van der Waals surface area (Å²) in [5.41, 5.74) is 0.438. The predicted octanol–water partition coefficient (Wildman–Crippen LogP) is 0.458. The first-order valence-corrected chi connectivity index (χ1v) is 5.98. The van der Waals surface area contributed by atoms with Gasteiger partial charge in [-0.25, -0.2) is 4.68 Å². The number of hydrogen-bond acceptors (Lipinski definition) is 4. The second-order valence-corrected chi connectivity index (χ2v) is 3.93. The molecule has 0 spiro atoms. The lowest BCUT2D eigenvalue weighted by Crippen LogP contribution is -2.27. The molecule has 1 N–H and O–H groups in total. The number of rotatable bonds is 5. The Hall–Kier alpha value is -2.50. The highest BCUT2D eigenvalue weighted by Crippen LogP contribution is 1.95. The third-order valence-corrected chi connectivity index (χ3v) is 2.56. The van der Waals surface area contributed by atoms with Gasteiger partial charge in [0.15, 0.2) is 0 Å². The van der Waals surface area contributed by atoms with E-state index in [9.17, 15) is 9.59 Å². The van der Waals surface area contributed by atoms with E-state index < -0.39 is 0 Å². The Morgan fingerprint density at radius 1 is 1.21 bits per heavy atom. The summed E-state index contributed by atoms with van der Waals surface area (Å²) in [4.78, 5) is 26.9. The smallest absolute Gasteiger partial charge is 0.266 e. The third-order valence-electron chi connectivity index (χ3n) is 2.56. The molecule has 0 saturated carbocycles. The Morgan fingerprint density at radius 2 is 2.00 bits per heavy atom. The second-order valence-electron chi connectivity index (χ2n) is 3.93. The maximum absolute atomic E-state index is 11.7. The molecule has 0 saturated heterocycles. The van der Waals surface area contributed by atoms with E-state index in [1.807, 2.05) is 0 Å². The molecule has 0 atom stereocenters. The van der Waals surface area contributed by atoms with Gasteiger partial charge in [-0.2, -0.15) is 5.10 Å². The van der Waals surface area contributed by atoms with Crippen molar-refractivity contribution < 1.29 is 4.79 Å². The van der Waals surface area contributed by atoms with E-state index in [0.717, 1.165) is 0 Å². The first-order valence-electron chi connectivity index (χ1n) is 5.98. The quantitative estimate of drug-likeness (QED) is 0.790. The minimum atomic E-state index is -0.143. The normalized spacial score (nSPS) is 10.1. The Balaban J connectivity index is 1.77. The number of nitrogens with one attached hydrogen (secondary N) is 1. The molecule has 2 rings (SSSR count). The van der Waals surface area contributed by atoms with E-state index in [1.54, 1.807) is 36.8 Å². The van der Waals surface area contributed by atoms with Crippen LogP contribution in [0.4, 0.5) is 0 Å². The van der Waals surface area contributed by atoms with Gasteiger partial charge in [0.25, 0.3) is 11.5 Å². The van der Waals surface area contributed by atoms with Crippen molar-refractivity contribution in [3.63, 3.8) is 0 Å². The lowest BCUT2D eigenvalue weighted by atomic mass is 10.2. The molecule has 0 unspecified atom stereocenters. The number of carbonyl (C=O) groups is 1. The number of pyridine rings is 1. The Labute approximate surface area is 110 Å². The van der Waals surface area contributed by atoms with Crippen LogP contribution in [0.1, 0.15) is 16.8 Å². The van der Waals surface area contributed by atoms with Crippen molar-refractivity contribution in [3.8, 4) is 0 Å². The molecule has 2 aromatic rings. The predicted molar refractivity (Wildman–Crippen MR) is 69.7 cm³/mol. The summed E-state index contributed by atoms with van der Waals surface area (Å²) >= 11 is 0. The summed E-state index contributed by atoms with van der Waals surface area (Å²) in [6.45, 7) is 0.973. The Morgan fingerprint density at radius 3 is 2.74 bits per heavy atom. The molecule has 0 aliphatic heterocycles. The van der Waals surface area contributed by atoms with Crippen LogP contribution in [0, 0.1) is 0 Å². The summed E-state index contributed by atoms with van der Waals surface area (Å²) in [7, 11) is 0. The molecule has 0 aliphatic carbocycles. The average molecular weight is 258 g/mol. The summed E-state index contributed by atoms with van der Waals surface area (Å²) in [5, 5.41) is 6.72. The van der Waals surface area contributed by atoms with Crippen LogP contribution in [-0.4, -0.2) is 27.2 Å². The highest BCUT2D eigenvalue weighted by Gasteiger charge is 2.03. The van der Waals surface area contributed by atoms with Crippen LogP contribution in [0.25, 0.3) is 0 Å². The number of hydrogen-bond donors (Lipinski definition) is 1. The van der Waals surface area contributed by atoms with Gasteiger partial charge in [0.2, 0.25) is 0 Å². The lowest BCUT2D eigenvalue weighted by Gasteiger charge is -2.05. The van der Waals surface area contributed by atoms with Gasteiger partial charge in [0, 0.05) is 43.3 Å². The van der Waals surface area contributed by atoms with E-state index in [4.69, 9.17) is 0 Å². The fraction of sp³-hybridized carbons (Fsp3) is 0.231. The topological polar surface area (TPSA) is 76.9 Å². The van der Waals surface area contributed by atoms with Gasteiger partial charge < -0.3 is 5.32 Å². The second kappa shape index (κ2) is 6.44. The van der Waals surface area contributed by atoms with Gasteiger partial charge >= 0.3 is 0 Å². The van der Waals surface area contributed by atoms with Crippen LogP contribution in [0.15, 0.2) is 47.7 Å². The zero-order valence-corrected chi connectivity index (χ0v) is 10.3. The first kappa shape index (κ1) is 12.9. The van der Waals surface area contributed by atoms with Gasteiger partial charge in [0.05, 0.1) is 0 Å². The number of amides is 1. The van der Waals surface area contributed by atoms with Gasteiger partial charge in [-0.3, -0.25) is 14.6 Å². The van der Waals surface area contributed by atoms with E-state index >= 15 is 0 Å². The van der Waals surface area contributed by atoms with E-state index in [1.165, 1.54) is 10.7 Å². The molecule has 0 aliphatic rings. The van der Waals surface area contributed by atoms with Crippen molar-refractivity contribution in [3.05, 3.63) is 58.8 Å². The molecular weight excluding hydrogens is 244 g/mol. The van der Waals surface area contributed by atoms with Crippen LogP contribution in [0.3, 0.4) is 0 Å². The number of nitrogens with zero attached hydrogens (tertiary/aromatic N) is 3. The molecule has 6 heteroatoms. The monoisotopic (exact) mass is 258 g/mol. The fourth-order valence-corrected chi connectivity index (χ4v) is 1.59. The highest BCUT2D eigenvalue weighted by atomic mass is 16.1. The molecule has 6 nitrogen and oxygen atoms in total. The van der Waals surface area contributed by atoms with Crippen molar-refractivity contribution in [1.29, 1.82) is 0 Å². The van der Waals surface area contributed by atoms with Crippen LogP contribution in [-0.2, 0) is 6.54 Å². The van der Waals surface area contributed by atoms with Crippen molar-refractivity contribution in [2.45, 2.75) is 13.0 Å². The lowest BCUT2D eigenvalue weighted by molar-refractivity contribution is 0.0952. The zero-order chi connectivity index (χ0) is 13.5. The zero-order valence-electron chi connectivity index (χ0n) is 10.3. The SMILES string of the molecule is O=C(NCCCn1ncccc1=O)c1ccncc1. The van der Waals surface area contributed by atoms with Gasteiger partial charge in [-0.05, 0) is 24.6 Å². The fourth-order valence-electron chi connectivity index (χ4n) is 1.59. The van der Waals surface area contributed by atoms with Gasteiger partial charge in [0.1, 0.15) is 0 Å². The molecule has 19 heavy (non-hydrogen) atoms. The summed E-state index contributed by atoms with van der Waals surface area (Å²) < 4.78 is 1.37. The minimum absolute atomic E-state index is 0.136. The molecule has 0 fully saturated rings. The summed E-state index contributed by atoms with van der Waals surface area (Å²) in [6, 6.07) is 6.36. The third kappa shape index (κ3) is 3.74. The van der Waals surface area contributed by atoms with E-state index in [2.05, 4.69) is 15.4 Å². The van der Waals surface area contributed by atoms with Crippen molar-refractivity contribution in [1.82, 2.24) is 20.1 Å². The number of aromatic nitrogens is 3. The van der Waals surface area contributed by atoms with Crippen LogP contribution >= 0.6 is 0 Å². The van der Waals surface area contributed by atoms with Crippen molar-refractivity contribution in [2.75, 3.05) is 6.54 Å². The highest BCUT2D eigenvalue weighted by molar-refractivity contribution is 5.93. The van der Waals surface area contributed by atoms with Crippen molar-refractivity contribution >= 4 is 5.91 Å². The number of carbonyl (C=O) groups excluding carboxylic acids is 1. The molecular formula is C13H14N4O2. The summed E-state index contributed by atoms with van der Waals surface area (Å²) in [5.74, 6) is -0.143. The molecule has 2 aromatic heterocycles. The van der Waals surface area contributed by atoms with Crippen LogP contribution in [0.5, 0.6) is 0 Å². The molecule has 98 valence electrons. The Bertz CT molecular complexity index is 595. The van der Waals surface area contributed by atoms with Gasteiger partial charge in [-0.1, -0.05) is 0 Å². The molecule has 1 amide bonds. The van der Waals surface area contributed by atoms with Crippen LogP contribution < -0.4 is 10.9 Å².